The van der Waals surface area contributed by atoms with Crippen molar-refractivity contribution in [2.45, 2.75) is 43.9 Å². The van der Waals surface area contributed by atoms with E-state index >= 15 is 0 Å². The monoisotopic (exact) mass is 462 g/mol. The van der Waals surface area contributed by atoms with E-state index in [1.807, 2.05) is 0 Å². The van der Waals surface area contributed by atoms with Crippen LogP contribution in [0.2, 0.25) is 0 Å². The third kappa shape index (κ3) is 4.62. The average molecular weight is 462 g/mol. The molecule has 11 heteroatoms. The highest BCUT2D eigenvalue weighted by molar-refractivity contribution is 5.98. The first kappa shape index (κ1) is 22.6. The molecule has 1 amide bonds. The lowest BCUT2D eigenvalue weighted by Gasteiger charge is -2.30. The average Bonchev–Trinajstić information content (AvgIpc) is 3.21. The highest BCUT2D eigenvalue weighted by Gasteiger charge is 2.34. The molecule has 2 heterocycles. The number of nitrogens with one attached hydrogen (secondary N) is 3. The van der Waals surface area contributed by atoms with E-state index in [-0.39, 0.29) is 34.5 Å². The van der Waals surface area contributed by atoms with Crippen LogP contribution < -0.4 is 16.4 Å². The second-order valence-electron chi connectivity index (χ2n) is 8.00. The van der Waals surface area contributed by atoms with Crippen molar-refractivity contribution in [3.8, 4) is 0 Å². The van der Waals surface area contributed by atoms with Gasteiger partial charge in [-0.3, -0.25) is 9.20 Å². The summed E-state index contributed by atoms with van der Waals surface area (Å²) in [5.41, 5.74) is 4.66. The minimum absolute atomic E-state index is 0.00161. The van der Waals surface area contributed by atoms with Crippen molar-refractivity contribution in [1.82, 2.24) is 14.7 Å². The maximum absolute atomic E-state index is 14.5. The molecule has 0 aliphatic heterocycles. The highest BCUT2D eigenvalue weighted by Crippen LogP contribution is 2.30. The smallest absolute Gasteiger partial charge is 0.398 e. The van der Waals surface area contributed by atoms with E-state index in [2.05, 4.69) is 15.6 Å². The van der Waals surface area contributed by atoms with Crippen molar-refractivity contribution in [3.05, 3.63) is 59.2 Å². The summed E-state index contributed by atoms with van der Waals surface area (Å²) < 4.78 is 54.8. The Hall–Kier alpha value is -3.63. The van der Waals surface area contributed by atoms with Crippen molar-refractivity contribution in [1.29, 1.82) is 5.41 Å². The van der Waals surface area contributed by atoms with Crippen LogP contribution in [-0.4, -0.2) is 33.6 Å². The Bertz CT molecular complexity index is 1200. The number of hydrogen-bond donors (Lipinski definition) is 4. The zero-order valence-electron chi connectivity index (χ0n) is 17.4. The molecule has 1 aliphatic carbocycles. The number of alkyl halides is 3. The van der Waals surface area contributed by atoms with Gasteiger partial charge in [-0.1, -0.05) is 6.07 Å². The Morgan fingerprint density at radius 3 is 2.52 bits per heavy atom. The molecule has 4 rings (SSSR count). The second kappa shape index (κ2) is 8.72. The number of halogens is 4. The molecule has 33 heavy (non-hydrogen) atoms. The molecule has 3 aromatic rings. The molecule has 174 valence electrons. The molecule has 0 bridgehead atoms. The summed E-state index contributed by atoms with van der Waals surface area (Å²) in [7, 11) is 0. The fraction of sp³-hybridized carbons (Fsp3) is 0.318. The number of carbonyl (C=O) groups is 1. The van der Waals surface area contributed by atoms with E-state index in [1.165, 1.54) is 22.6 Å². The zero-order valence-corrected chi connectivity index (χ0v) is 17.4. The van der Waals surface area contributed by atoms with Crippen LogP contribution in [0.5, 0.6) is 0 Å². The van der Waals surface area contributed by atoms with E-state index in [1.54, 1.807) is 12.1 Å². The predicted octanol–water partition coefficient (Wildman–Crippen LogP) is 4.23. The summed E-state index contributed by atoms with van der Waals surface area (Å²) >= 11 is 0. The number of hydrogen-bond acceptors (Lipinski definition) is 5. The number of pyridine rings is 1. The molecule has 0 unspecified atom stereocenters. The fourth-order valence-electron chi connectivity index (χ4n) is 4.05. The lowest BCUT2D eigenvalue weighted by molar-refractivity contribution is -0.140. The molecule has 0 spiro atoms. The SMILES string of the molecule is N=Cc1c(N)ccc(C(=O)NC2CCC(Nc3cccc4nc(C(F)(F)F)cn34)CC2)c1F. The standard InChI is InChI=1S/C22H22F4N6O/c23-20-14(8-9-16(28)15(20)10-27)21(33)30-13-6-4-12(5-7-13)29-18-2-1-3-19-31-17(11-32(18)19)22(24,25)26/h1-3,8-13,27,29H,4-7,28H2,(H,30,33). The van der Waals surface area contributed by atoms with E-state index in [9.17, 15) is 22.4 Å². The number of carbonyl (C=O) groups excluding carboxylic acids is 1. The molecular formula is C22H22F4N6O. The van der Waals surface area contributed by atoms with Gasteiger partial charge >= 0.3 is 6.18 Å². The normalized spacial score (nSPS) is 18.8. The van der Waals surface area contributed by atoms with Crippen LogP contribution in [0.3, 0.4) is 0 Å². The summed E-state index contributed by atoms with van der Waals surface area (Å²) in [6, 6.07) is 7.34. The lowest BCUT2D eigenvalue weighted by Crippen LogP contribution is -2.40. The first-order valence-electron chi connectivity index (χ1n) is 10.4. The number of benzene rings is 1. The van der Waals surface area contributed by atoms with E-state index in [4.69, 9.17) is 11.1 Å². The summed E-state index contributed by atoms with van der Waals surface area (Å²) in [6.45, 7) is 0. The molecule has 0 radical (unpaired) electrons. The van der Waals surface area contributed by atoms with Gasteiger partial charge in [0.05, 0.1) is 11.1 Å². The van der Waals surface area contributed by atoms with Crippen LogP contribution in [0.4, 0.5) is 29.1 Å². The fourth-order valence-corrected chi connectivity index (χ4v) is 4.05. The minimum atomic E-state index is -4.52. The van der Waals surface area contributed by atoms with Gasteiger partial charge in [-0.25, -0.2) is 9.37 Å². The van der Waals surface area contributed by atoms with E-state index in [0.29, 0.717) is 31.5 Å². The topological polar surface area (TPSA) is 108 Å². The molecular weight excluding hydrogens is 440 g/mol. The van der Waals surface area contributed by atoms with Crippen LogP contribution in [0, 0.1) is 11.2 Å². The number of nitrogens with two attached hydrogens (primary N) is 1. The Morgan fingerprint density at radius 1 is 1.15 bits per heavy atom. The number of rotatable bonds is 5. The molecule has 0 saturated heterocycles. The van der Waals surface area contributed by atoms with Gasteiger partial charge in [0.15, 0.2) is 5.69 Å². The first-order valence-corrected chi connectivity index (χ1v) is 10.4. The van der Waals surface area contributed by atoms with Gasteiger partial charge in [0, 0.05) is 30.2 Å². The number of imidazole rings is 1. The van der Waals surface area contributed by atoms with Gasteiger partial charge in [-0.2, -0.15) is 13.2 Å². The number of nitrogen functional groups attached to an aromatic ring is 1. The van der Waals surface area contributed by atoms with Crippen molar-refractivity contribution in [3.63, 3.8) is 0 Å². The van der Waals surface area contributed by atoms with Crippen LogP contribution >= 0.6 is 0 Å². The lowest BCUT2D eigenvalue weighted by atomic mass is 9.91. The summed E-state index contributed by atoms with van der Waals surface area (Å²) in [6.07, 6.45) is -0.223. The molecule has 1 saturated carbocycles. The van der Waals surface area contributed by atoms with Gasteiger partial charge in [0.25, 0.3) is 5.91 Å². The summed E-state index contributed by atoms with van der Waals surface area (Å²) in [4.78, 5) is 16.2. The van der Waals surface area contributed by atoms with Crippen LogP contribution in [0.25, 0.3) is 5.65 Å². The minimum Gasteiger partial charge on any atom is -0.398 e. The Labute approximate surface area is 186 Å². The number of nitrogens with zero attached hydrogens (tertiary/aromatic N) is 2. The van der Waals surface area contributed by atoms with Crippen molar-refractivity contribution in [2.75, 3.05) is 11.1 Å². The van der Waals surface area contributed by atoms with Gasteiger partial charge in [0.1, 0.15) is 17.3 Å². The van der Waals surface area contributed by atoms with Crippen molar-refractivity contribution >= 4 is 29.3 Å². The maximum atomic E-state index is 14.5. The molecule has 1 fully saturated rings. The third-order valence-corrected chi connectivity index (χ3v) is 5.80. The molecule has 5 N–H and O–H groups in total. The molecule has 1 aromatic carbocycles. The first-order chi connectivity index (χ1) is 15.7. The molecule has 1 aliphatic rings. The van der Waals surface area contributed by atoms with Crippen molar-refractivity contribution < 1.29 is 22.4 Å². The third-order valence-electron chi connectivity index (χ3n) is 5.80. The Kier molecular flexibility index (Phi) is 5.96. The predicted molar refractivity (Wildman–Crippen MR) is 116 cm³/mol. The quantitative estimate of drug-likeness (QED) is 0.259. The van der Waals surface area contributed by atoms with Gasteiger partial charge in [-0.15, -0.1) is 0 Å². The molecule has 0 atom stereocenters. The second-order valence-corrected chi connectivity index (χ2v) is 8.00. The maximum Gasteiger partial charge on any atom is 0.434 e. The summed E-state index contributed by atoms with van der Waals surface area (Å²) in [5.74, 6) is -0.898. The van der Waals surface area contributed by atoms with Gasteiger partial charge < -0.3 is 21.8 Å². The van der Waals surface area contributed by atoms with Gasteiger partial charge in [-0.05, 0) is 49.9 Å². The number of aromatic nitrogens is 2. The van der Waals surface area contributed by atoms with Crippen LogP contribution in [0.15, 0.2) is 36.5 Å². The molecule has 7 nitrogen and oxygen atoms in total. The highest BCUT2D eigenvalue weighted by atomic mass is 19.4. The number of fused-ring (bicyclic) bond motifs is 1. The zero-order chi connectivity index (χ0) is 23.8. The van der Waals surface area contributed by atoms with Crippen LogP contribution in [0.1, 0.15) is 47.3 Å². The van der Waals surface area contributed by atoms with Gasteiger partial charge in [0.2, 0.25) is 0 Å². The summed E-state index contributed by atoms with van der Waals surface area (Å²) in [5, 5.41) is 13.4. The Balaban J connectivity index is 1.39. The van der Waals surface area contributed by atoms with Crippen molar-refractivity contribution in [2.24, 2.45) is 0 Å². The van der Waals surface area contributed by atoms with Crippen LogP contribution in [-0.2, 0) is 6.18 Å². The number of anilines is 2. The Morgan fingerprint density at radius 2 is 1.85 bits per heavy atom. The molecule has 2 aromatic heterocycles. The van der Waals surface area contributed by atoms with E-state index < -0.39 is 23.6 Å². The van der Waals surface area contributed by atoms with E-state index in [0.717, 1.165) is 12.4 Å². The largest absolute Gasteiger partial charge is 0.434 e. The number of amides is 1.